The van der Waals surface area contributed by atoms with Gasteiger partial charge >= 0.3 is 0 Å². The maximum absolute atomic E-state index is 14.0. The lowest BCUT2D eigenvalue weighted by atomic mass is 9.94. The highest BCUT2D eigenvalue weighted by Crippen LogP contribution is 2.30. The molecule has 0 spiro atoms. The number of nitrogens with zero attached hydrogens (tertiary/aromatic N) is 2. The van der Waals surface area contributed by atoms with Gasteiger partial charge in [-0.2, -0.15) is 0 Å². The molecule has 1 saturated carbocycles. The maximum Gasteiger partial charge on any atom is 0.269 e. The van der Waals surface area contributed by atoms with Crippen LogP contribution in [-0.2, 0) is 11.2 Å². The van der Waals surface area contributed by atoms with Crippen molar-refractivity contribution < 1.29 is 24.0 Å². The third kappa shape index (κ3) is 6.97. The second kappa shape index (κ2) is 13.6. The molecule has 1 aliphatic carbocycles. The van der Waals surface area contributed by atoms with Crippen molar-refractivity contribution in [3.63, 3.8) is 0 Å². The molecule has 2 amide bonds. The molecule has 9 heteroatoms. The molecular weight excluding hydrogens is 510 g/mol. The molecule has 0 saturated heterocycles. The number of benzene rings is 3. The third-order valence-electron chi connectivity index (χ3n) is 7.30. The van der Waals surface area contributed by atoms with Crippen LogP contribution in [0, 0.1) is 10.1 Å². The molecular formula is C31H35N3O6. The first kappa shape index (κ1) is 28.6. The van der Waals surface area contributed by atoms with Crippen molar-refractivity contribution in [1.29, 1.82) is 0 Å². The van der Waals surface area contributed by atoms with Crippen molar-refractivity contribution in [2.45, 2.75) is 50.6 Å². The second-order valence-corrected chi connectivity index (χ2v) is 9.90. The Bertz CT molecular complexity index is 1310. The van der Waals surface area contributed by atoms with E-state index in [-0.39, 0.29) is 30.1 Å². The van der Waals surface area contributed by atoms with Gasteiger partial charge in [-0.3, -0.25) is 19.7 Å². The number of non-ortho nitro benzene ring substituents is 1. The first-order valence-corrected chi connectivity index (χ1v) is 13.5. The van der Waals surface area contributed by atoms with Crippen LogP contribution >= 0.6 is 0 Å². The number of amides is 2. The van der Waals surface area contributed by atoms with E-state index < -0.39 is 11.0 Å². The summed E-state index contributed by atoms with van der Waals surface area (Å²) in [6.07, 6.45) is 5.44. The van der Waals surface area contributed by atoms with E-state index in [2.05, 4.69) is 5.32 Å². The Morgan fingerprint density at radius 3 is 2.25 bits per heavy atom. The number of nitro benzene ring substituents is 1. The van der Waals surface area contributed by atoms with Gasteiger partial charge in [0.05, 0.1) is 19.1 Å². The molecule has 40 heavy (non-hydrogen) atoms. The average molecular weight is 546 g/mol. The fourth-order valence-electron chi connectivity index (χ4n) is 5.16. The molecule has 4 rings (SSSR count). The van der Waals surface area contributed by atoms with Gasteiger partial charge in [0.15, 0.2) is 11.5 Å². The molecule has 210 valence electrons. The zero-order valence-electron chi connectivity index (χ0n) is 22.9. The Hall–Kier alpha value is -4.40. The predicted molar refractivity (Wildman–Crippen MR) is 152 cm³/mol. The van der Waals surface area contributed by atoms with Gasteiger partial charge in [-0.15, -0.1) is 0 Å². The summed E-state index contributed by atoms with van der Waals surface area (Å²) in [6.45, 7) is 0.225. The Kier molecular flexibility index (Phi) is 9.72. The maximum atomic E-state index is 14.0. The average Bonchev–Trinajstić information content (AvgIpc) is 2.99. The van der Waals surface area contributed by atoms with E-state index >= 15 is 0 Å². The minimum Gasteiger partial charge on any atom is -0.493 e. The van der Waals surface area contributed by atoms with Crippen LogP contribution in [0.4, 0.5) is 5.69 Å². The van der Waals surface area contributed by atoms with Gasteiger partial charge in [0, 0.05) is 30.3 Å². The van der Waals surface area contributed by atoms with Crippen LogP contribution in [0.3, 0.4) is 0 Å². The van der Waals surface area contributed by atoms with E-state index in [1.54, 1.807) is 61.6 Å². The van der Waals surface area contributed by atoms with Gasteiger partial charge in [0.25, 0.3) is 11.6 Å². The Balaban J connectivity index is 1.71. The molecule has 3 aromatic carbocycles. The highest BCUT2D eigenvalue weighted by atomic mass is 16.6. The van der Waals surface area contributed by atoms with Crippen molar-refractivity contribution in [3.05, 3.63) is 99.6 Å². The molecule has 1 N–H and O–H groups in total. The van der Waals surface area contributed by atoms with E-state index in [4.69, 9.17) is 9.47 Å². The van der Waals surface area contributed by atoms with Gasteiger partial charge in [0.2, 0.25) is 5.91 Å². The summed E-state index contributed by atoms with van der Waals surface area (Å²) < 4.78 is 10.8. The number of hydrogen-bond donors (Lipinski definition) is 1. The van der Waals surface area contributed by atoms with Crippen LogP contribution in [0.1, 0.15) is 59.6 Å². The SMILES string of the molecule is COc1ccc(CCN(C(=O)c2ccccc2)C(C(=O)NC2CCCCC2)c2ccc([N+](=O)[O-])cc2)cc1OC. The molecule has 1 atom stereocenters. The minimum atomic E-state index is -0.976. The van der Waals surface area contributed by atoms with Gasteiger partial charge in [-0.1, -0.05) is 43.5 Å². The zero-order valence-corrected chi connectivity index (χ0v) is 22.9. The molecule has 1 unspecified atom stereocenters. The van der Waals surface area contributed by atoms with Gasteiger partial charge in [0.1, 0.15) is 6.04 Å². The Morgan fingerprint density at radius 1 is 0.950 bits per heavy atom. The topological polar surface area (TPSA) is 111 Å². The largest absolute Gasteiger partial charge is 0.493 e. The quantitative estimate of drug-likeness (QED) is 0.252. The first-order chi connectivity index (χ1) is 19.4. The van der Waals surface area contributed by atoms with E-state index in [1.807, 2.05) is 18.2 Å². The van der Waals surface area contributed by atoms with E-state index in [1.165, 1.54) is 12.1 Å². The summed E-state index contributed by atoms with van der Waals surface area (Å²) in [5, 5.41) is 14.5. The highest BCUT2D eigenvalue weighted by Gasteiger charge is 2.33. The van der Waals surface area contributed by atoms with Crippen molar-refractivity contribution in [2.75, 3.05) is 20.8 Å². The number of methoxy groups -OCH3 is 2. The molecule has 3 aromatic rings. The summed E-state index contributed by atoms with van der Waals surface area (Å²) in [4.78, 5) is 40.3. The van der Waals surface area contributed by atoms with Crippen LogP contribution in [0.2, 0.25) is 0 Å². The number of rotatable bonds is 11. The fourth-order valence-corrected chi connectivity index (χ4v) is 5.16. The monoisotopic (exact) mass is 545 g/mol. The lowest BCUT2D eigenvalue weighted by molar-refractivity contribution is -0.384. The number of nitrogens with one attached hydrogen (secondary N) is 1. The normalized spacial score (nSPS) is 14.2. The number of nitro groups is 1. The summed E-state index contributed by atoms with van der Waals surface area (Å²) in [7, 11) is 3.13. The van der Waals surface area contributed by atoms with Crippen molar-refractivity contribution in [1.82, 2.24) is 10.2 Å². The van der Waals surface area contributed by atoms with Crippen molar-refractivity contribution >= 4 is 17.5 Å². The minimum absolute atomic E-state index is 0.0290. The Morgan fingerprint density at radius 2 is 1.62 bits per heavy atom. The second-order valence-electron chi connectivity index (χ2n) is 9.90. The van der Waals surface area contributed by atoms with Gasteiger partial charge in [-0.05, 0) is 66.8 Å². The third-order valence-corrected chi connectivity index (χ3v) is 7.30. The molecule has 0 bridgehead atoms. The Labute approximate surface area is 234 Å². The van der Waals surface area contributed by atoms with E-state index in [0.717, 1.165) is 37.7 Å². The highest BCUT2D eigenvalue weighted by molar-refractivity contribution is 5.98. The van der Waals surface area contributed by atoms with Crippen LogP contribution in [0.5, 0.6) is 11.5 Å². The summed E-state index contributed by atoms with van der Waals surface area (Å²) in [5.41, 5.74) is 1.78. The van der Waals surface area contributed by atoms with Crippen molar-refractivity contribution in [3.8, 4) is 11.5 Å². The molecule has 0 heterocycles. The lowest BCUT2D eigenvalue weighted by Crippen LogP contribution is -2.47. The molecule has 1 fully saturated rings. The van der Waals surface area contributed by atoms with Crippen molar-refractivity contribution in [2.24, 2.45) is 0 Å². The lowest BCUT2D eigenvalue weighted by Gasteiger charge is -2.33. The summed E-state index contributed by atoms with van der Waals surface area (Å²) in [6, 6.07) is 19.3. The molecule has 0 radical (unpaired) electrons. The van der Waals surface area contributed by atoms with Gasteiger partial charge in [-0.25, -0.2) is 0 Å². The fraction of sp³-hybridized carbons (Fsp3) is 0.355. The predicted octanol–water partition coefficient (Wildman–Crippen LogP) is 5.49. The summed E-state index contributed by atoms with van der Waals surface area (Å²) in [5.74, 6) is 0.572. The molecule has 0 aliphatic heterocycles. The van der Waals surface area contributed by atoms with Crippen LogP contribution in [0.25, 0.3) is 0 Å². The van der Waals surface area contributed by atoms with Crippen LogP contribution < -0.4 is 14.8 Å². The van der Waals surface area contributed by atoms with Gasteiger partial charge < -0.3 is 19.7 Å². The molecule has 0 aromatic heterocycles. The smallest absolute Gasteiger partial charge is 0.269 e. The number of carbonyl (C=O) groups is 2. The summed E-state index contributed by atoms with van der Waals surface area (Å²) >= 11 is 0. The zero-order chi connectivity index (χ0) is 28.5. The number of hydrogen-bond acceptors (Lipinski definition) is 6. The molecule has 9 nitrogen and oxygen atoms in total. The first-order valence-electron chi connectivity index (χ1n) is 13.5. The molecule has 1 aliphatic rings. The van der Waals surface area contributed by atoms with Crippen LogP contribution in [-0.4, -0.2) is 48.4 Å². The van der Waals surface area contributed by atoms with E-state index in [9.17, 15) is 19.7 Å². The standard InChI is InChI=1S/C31H35N3O6/c1-39-27-18-13-22(21-28(27)40-2)19-20-33(31(36)24-9-5-3-6-10-24)29(23-14-16-26(17-15-23)34(37)38)30(35)32-25-11-7-4-8-12-25/h3,5-6,9-10,13-18,21,25,29H,4,7-8,11-12,19-20H2,1-2H3,(H,32,35). The number of ether oxygens (including phenoxy) is 2. The van der Waals surface area contributed by atoms with E-state index in [0.29, 0.717) is 29.0 Å². The number of carbonyl (C=O) groups excluding carboxylic acids is 2. The van der Waals surface area contributed by atoms with Crippen LogP contribution in [0.15, 0.2) is 72.8 Å².